The number of amides is 1. The summed E-state index contributed by atoms with van der Waals surface area (Å²) in [5.74, 6) is 0.0383. The first-order valence-electron chi connectivity index (χ1n) is 10.5. The average Bonchev–Trinajstić information content (AvgIpc) is 2.80. The van der Waals surface area contributed by atoms with Crippen molar-refractivity contribution in [3.8, 4) is 0 Å². The van der Waals surface area contributed by atoms with Gasteiger partial charge in [0.15, 0.2) is 0 Å². The Labute approximate surface area is 175 Å². The van der Waals surface area contributed by atoms with Crippen molar-refractivity contribution in [1.82, 2.24) is 20.0 Å². The van der Waals surface area contributed by atoms with Crippen LogP contribution in [0.3, 0.4) is 0 Å². The van der Waals surface area contributed by atoms with Crippen molar-refractivity contribution in [3.05, 3.63) is 64.1 Å². The van der Waals surface area contributed by atoms with Crippen LogP contribution in [0.4, 0.5) is 0 Å². The number of rotatable bonds is 5. The highest BCUT2D eigenvalue weighted by Gasteiger charge is 2.46. The number of benzene rings is 1. The van der Waals surface area contributed by atoms with Crippen LogP contribution in [0.2, 0.25) is 0 Å². The van der Waals surface area contributed by atoms with Gasteiger partial charge in [-0.3, -0.25) is 14.5 Å². The molecule has 2 aliphatic rings. The van der Waals surface area contributed by atoms with E-state index in [9.17, 15) is 14.7 Å². The highest BCUT2D eigenvalue weighted by atomic mass is 16.5. The van der Waals surface area contributed by atoms with Crippen molar-refractivity contribution >= 4 is 5.91 Å². The monoisotopic (exact) mass is 412 g/mol. The molecule has 0 unspecified atom stereocenters. The Bertz CT molecular complexity index is 892. The summed E-state index contributed by atoms with van der Waals surface area (Å²) in [6.07, 6.45) is 1.28. The lowest BCUT2D eigenvalue weighted by Crippen LogP contribution is -2.63. The van der Waals surface area contributed by atoms with Crippen molar-refractivity contribution in [2.45, 2.75) is 30.9 Å². The molecule has 0 radical (unpaired) electrons. The maximum Gasteiger partial charge on any atom is 0.264 e. The second-order valence-electron chi connectivity index (χ2n) is 7.96. The summed E-state index contributed by atoms with van der Waals surface area (Å²) in [7, 11) is 0. The number of aliphatic hydroxyl groups is 1. The number of ether oxygens (including phenoxy) is 1. The zero-order valence-electron chi connectivity index (χ0n) is 17.0. The van der Waals surface area contributed by atoms with E-state index in [1.165, 1.54) is 6.07 Å². The number of hydrogen-bond donors (Lipinski definition) is 2. The first-order chi connectivity index (χ1) is 14.6. The number of aromatic nitrogens is 2. The molecule has 8 heteroatoms. The molecule has 30 heavy (non-hydrogen) atoms. The highest BCUT2D eigenvalue weighted by Crippen LogP contribution is 2.36. The molecule has 0 aliphatic carbocycles. The van der Waals surface area contributed by atoms with Crippen LogP contribution in [-0.4, -0.2) is 76.4 Å². The molecule has 2 saturated heterocycles. The van der Waals surface area contributed by atoms with Crippen LogP contribution in [0, 0.1) is 0 Å². The van der Waals surface area contributed by atoms with Crippen molar-refractivity contribution < 1.29 is 14.6 Å². The minimum Gasteiger partial charge on any atom is -0.383 e. The Morgan fingerprint density at radius 1 is 1.17 bits per heavy atom. The summed E-state index contributed by atoms with van der Waals surface area (Å²) in [6, 6.07) is 12.6. The second kappa shape index (κ2) is 9.07. The zero-order chi connectivity index (χ0) is 21.0. The normalized spacial score (nSPS) is 25.2. The summed E-state index contributed by atoms with van der Waals surface area (Å²) in [5, 5.41) is 18.1. The molecule has 0 saturated carbocycles. The third-order valence-electron chi connectivity index (χ3n) is 6.15. The predicted octanol–water partition coefficient (Wildman–Crippen LogP) is 0.523. The third kappa shape index (κ3) is 4.45. The molecule has 0 spiro atoms. The van der Waals surface area contributed by atoms with Gasteiger partial charge in [0.2, 0.25) is 5.91 Å². The zero-order valence-corrected chi connectivity index (χ0v) is 17.0. The topological polar surface area (TPSA) is 98.8 Å². The molecule has 1 aromatic carbocycles. The largest absolute Gasteiger partial charge is 0.383 e. The minimum atomic E-state index is -1.00. The number of carbonyl (C=O) groups excluding carboxylic acids is 1. The Morgan fingerprint density at radius 2 is 1.93 bits per heavy atom. The second-order valence-corrected chi connectivity index (χ2v) is 7.96. The lowest BCUT2D eigenvalue weighted by atomic mass is 9.79. The number of piperidine rings is 1. The molecule has 1 amide bonds. The molecule has 2 aromatic rings. The molecule has 1 aromatic heterocycles. The third-order valence-corrected chi connectivity index (χ3v) is 6.15. The number of morpholine rings is 1. The summed E-state index contributed by atoms with van der Waals surface area (Å²) >= 11 is 0. The van der Waals surface area contributed by atoms with E-state index in [2.05, 4.69) is 15.1 Å². The Morgan fingerprint density at radius 3 is 2.63 bits per heavy atom. The summed E-state index contributed by atoms with van der Waals surface area (Å²) < 4.78 is 5.50. The van der Waals surface area contributed by atoms with Crippen LogP contribution >= 0.6 is 0 Å². The van der Waals surface area contributed by atoms with E-state index in [-0.39, 0.29) is 17.5 Å². The van der Waals surface area contributed by atoms with Gasteiger partial charge in [0.1, 0.15) is 5.60 Å². The summed E-state index contributed by atoms with van der Waals surface area (Å²) in [4.78, 5) is 28.2. The van der Waals surface area contributed by atoms with Gasteiger partial charge in [-0.05, 0) is 18.1 Å². The maximum atomic E-state index is 12.9. The van der Waals surface area contributed by atoms with E-state index < -0.39 is 5.60 Å². The SMILES string of the molecule is O=C(CCc1ccc(=O)[nH]n1)N1CC[C@](O)(c2ccccc2)[C@H](N2CCOCC2)C1. The van der Waals surface area contributed by atoms with Crippen LogP contribution in [0.25, 0.3) is 0 Å². The van der Waals surface area contributed by atoms with E-state index >= 15 is 0 Å². The first-order valence-corrected chi connectivity index (χ1v) is 10.5. The number of hydrogen-bond acceptors (Lipinski definition) is 6. The quantitative estimate of drug-likeness (QED) is 0.743. The van der Waals surface area contributed by atoms with Crippen molar-refractivity contribution in [2.75, 3.05) is 39.4 Å². The fourth-order valence-electron chi connectivity index (χ4n) is 4.43. The highest BCUT2D eigenvalue weighted by molar-refractivity contribution is 5.76. The molecule has 4 rings (SSSR count). The van der Waals surface area contributed by atoms with Gasteiger partial charge in [0.25, 0.3) is 5.56 Å². The predicted molar refractivity (Wildman–Crippen MR) is 111 cm³/mol. The molecule has 2 aliphatic heterocycles. The number of likely N-dealkylation sites (tertiary alicyclic amines) is 1. The molecule has 160 valence electrons. The number of aryl methyl sites for hydroxylation is 1. The van der Waals surface area contributed by atoms with Crippen LogP contribution in [0.5, 0.6) is 0 Å². The summed E-state index contributed by atoms with van der Waals surface area (Å²) in [5.41, 5.74) is 0.321. The van der Waals surface area contributed by atoms with E-state index in [1.54, 1.807) is 6.07 Å². The fraction of sp³-hybridized carbons (Fsp3) is 0.500. The number of nitrogens with one attached hydrogen (secondary N) is 1. The Kier molecular flexibility index (Phi) is 6.26. The van der Waals surface area contributed by atoms with Crippen LogP contribution in [-0.2, 0) is 21.6 Å². The van der Waals surface area contributed by atoms with Crippen molar-refractivity contribution in [1.29, 1.82) is 0 Å². The number of carbonyl (C=O) groups is 1. The average molecular weight is 412 g/mol. The molecular formula is C22H28N4O4. The molecule has 2 fully saturated rings. The van der Waals surface area contributed by atoms with Gasteiger partial charge in [-0.25, -0.2) is 5.10 Å². The number of H-pyrrole nitrogens is 1. The molecule has 3 heterocycles. The van der Waals surface area contributed by atoms with Crippen LogP contribution < -0.4 is 5.56 Å². The minimum absolute atomic E-state index is 0.0383. The van der Waals surface area contributed by atoms with Gasteiger partial charge in [-0.1, -0.05) is 30.3 Å². The first kappa shape index (κ1) is 20.7. The number of nitrogens with zero attached hydrogens (tertiary/aromatic N) is 3. The molecule has 2 atom stereocenters. The standard InChI is InChI=1S/C22H28N4O4/c27-20-8-6-18(23-24-20)7-9-21(28)26-11-10-22(29,17-4-2-1-3-5-17)19(16-26)25-12-14-30-15-13-25/h1-6,8,19,29H,7,9-16H2,(H,24,27)/t19-,22+/m1/s1. The van der Waals surface area contributed by atoms with Gasteiger partial charge in [-0.15, -0.1) is 0 Å². The van der Waals surface area contributed by atoms with E-state index in [0.717, 1.165) is 18.7 Å². The van der Waals surface area contributed by atoms with E-state index in [0.29, 0.717) is 51.3 Å². The van der Waals surface area contributed by atoms with E-state index in [4.69, 9.17) is 4.74 Å². The number of aromatic amines is 1. The van der Waals surface area contributed by atoms with Gasteiger partial charge in [0, 0.05) is 45.1 Å². The van der Waals surface area contributed by atoms with Crippen LogP contribution in [0.1, 0.15) is 24.1 Å². The maximum absolute atomic E-state index is 12.9. The Balaban J connectivity index is 1.48. The molecular weight excluding hydrogens is 384 g/mol. The lowest BCUT2D eigenvalue weighted by molar-refractivity contribution is -0.147. The van der Waals surface area contributed by atoms with Crippen LogP contribution in [0.15, 0.2) is 47.3 Å². The van der Waals surface area contributed by atoms with Crippen molar-refractivity contribution in [3.63, 3.8) is 0 Å². The molecule has 0 bridgehead atoms. The molecule has 8 nitrogen and oxygen atoms in total. The van der Waals surface area contributed by atoms with Gasteiger partial charge in [-0.2, -0.15) is 5.10 Å². The van der Waals surface area contributed by atoms with E-state index in [1.807, 2.05) is 35.2 Å². The van der Waals surface area contributed by atoms with Gasteiger partial charge >= 0.3 is 0 Å². The smallest absolute Gasteiger partial charge is 0.264 e. The summed E-state index contributed by atoms with van der Waals surface area (Å²) in [6.45, 7) is 3.72. The van der Waals surface area contributed by atoms with Crippen molar-refractivity contribution in [2.24, 2.45) is 0 Å². The Hall–Kier alpha value is -2.55. The van der Waals surface area contributed by atoms with Gasteiger partial charge < -0.3 is 14.7 Å². The fourth-order valence-corrected chi connectivity index (χ4v) is 4.43. The van der Waals surface area contributed by atoms with Gasteiger partial charge in [0.05, 0.1) is 24.9 Å². The molecule has 2 N–H and O–H groups in total. The lowest BCUT2D eigenvalue weighted by Gasteiger charge is -2.50.